The molecule has 1 N–H and O–H groups in total. The van der Waals surface area contributed by atoms with Crippen molar-refractivity contribution in [1.29, 1.82) is 0 Å². The van der Waals surface area contributed by atoms with E-state index in [9.17, 15) is 0 Å². The van der Waals surface area contributed by atoms with E-state index in [-0.39, 0.29) is 0 Å². The molecule has 0 saturated heterocycles. The molecule has 11 heteroatoms. The van der Waals surface area contributed by atoms with Gasteiger partial charge in [-0.15, -0.1) is 11.6 Å². The van der Waals surface area contributed by atoms with Crippen LogP contribution in [0.1, 0.15) is 0 Å². The van der Waals surface area contributed by atoms with Crippen molar-refractivity contribution >= 4 is 11.6 Å². The first-order chi connectivity index (χ1) is 15.9. The Balaban J connectivity index is 2.98. The van der Waals surface area contributed by atoms with Crippen molar-refractivity contribution in [2.24, 2.45) is 0 Å². The molecular formula is C21H44ClNO9. The molecule has 0 saturated carbocycles. The second kappa shape index (κ2) is 30.9. The van der Waals surface area contributed by atoms with Crippen molar-refractivity contribution in [2.75, 3.05) is 138 Å². The summed E-state index contributed by atoms with van der Waals surface area (Å²) in [4.78, 5) is 0. The fraction of sp³-hybridized carbons (Fsp3) is 1.00. The van der Waals surface area contributed by atoms with Crippen molar-refractivity contribution in [3.8, 4) is 0 Å². The van der Waals surface area contributed by atoms with Gasteiger partial charge in [-0.05, 0) is 7.05 Å². The van der Waals surface area contributed by atoms with Crippen molar-refractivity contribution in [3.63, 3.8) is 0 Å². The van der Waals surface area contributed by atoms with Crippen LogP contribution in [0.5, 0.6) is 0 Å². The highest BCUT2D eigenvalue weighted by molar-refractivity contribution is 6.17. The van der Waals surface area contributed by atoms with Crippen LogP contribution in [0.2, 0.25) is 0 Å². The lowest BCUT2D eigenvalue weighted by Gasteiger charge is -2.08. The van der Waals surface area contributed by atoms with Crippen LogP contribution in [0.25, 0.3) is 0 Å². The Labute approximate surface area is 198 Å². The normalized spacial score (nSPS) is 11.4. The van der Waals surface area contributed by atoms with Crippen LogP contribution >= 0.6 is 11.6 Å². The number of hydrogen-bond acceptors (Lipinski definition) is 10. The standard InChI is InChI=1S/C21H44ClNO9/c1-23-3-5-25-7-9-27-11-13-29-15-17-31-19-21-32-20-18-30-16-14-28-12-10-26-8-6-24-4-2-22/h23H,2-21H2,1H3. The molecule has 0 aliphatic rings. The van der Waals surface area contributed by atoms with Crippen LogP contribution in [0.3, 0.4) is 0 Å². The highest BCUT2D eigenvalue weighted by atomic mass is 35.5. The quantitative estimate of drug-likeness (QED) is 0.119. The van der Waals surface area contributed by atoms with Gasteiger partial charge in [0.15, 0.2) is 0 Å². The van der Waals surface area contributed by atoms with E-state index in [0.717, 1.165) is 6.54 Å². The summed E-state index contributed by atoms with van der Waals surface area (Å²) in [6.45, 7) is 10.8. The Kier molecular flexibility index (Phi) is 30.8. The Morgan fingerprint density at radius 2 is 0.594 bits per heavy atom. The summed E-state index contributed by atoms with van der Waals surface area (Å²) in [7, 11) is 1.90. The summed E-state index contributed by atoms with van der Waals surface area (Å²) in [5, 5.41) is 3.01. The molecule has 0 aliphatic carbocycles. The summed E-state index contributed by atoms with van der Waals surface area (Å²) < 4.78 is 48.4. The van der Waals surface area contributed by atoms with E-state index in [1.807, 2.05) is 7.05 Å². The molecule has 0 heterocycles. The predicted octanol–water partition coefficient (Wildman–Crippen LogP) is 0.594. The van der Waals surface area contributed by atoms with Gasteiger partial charge < -0.3 is 47.9 Å². The topological polar surface area (TPSA) is 95.1 Å². The van der Waals surface area contributed by atoms with Gasteiger partial charge >= 0.3 is 0 Å². The Morgan fingerprint density at radius 1 is 0.375 bits per heavy atom. The molecule has 0 spiro atoms. The van der Waals surface area contributed by atoms with Crippen LogP contribution in [0.15, 0.2) is 0 Å². The average molecular weight is 490 g/mol. The summed E-state index contributed by atoms with van der Waals surface area (Å²) in [5.74, 6) is 0.503. The van der Waals surface area contributed by atoms with E-state index >= 15 is 0 Å². The van der Waals surface area contributed by atoms with E-state index in [1.54, 1.807) is 0 Å². The van der Waals surface area contributed by atoms with Gasteiger partial charge in [-0.2, -0.15) is 0 Å². The first kappa shape index (κ1) is 31.9. The zero-order valence-corrected chi connectivity index (χ0v) is 20.5. The molecule has 0 unspecified atom stereocenters. The lowest BCUT2D eigenvalue weighted by molar-refractivity contribution is -0.0247. The van der Waals surface area contributed by atoms with Gasteiger partial charge in [-0.25, -0.2) is 0 Å². The largest absolute Gasteiger partial charge is 0.378 e. The zero-order valence-electron chi connectivity index (χ0n) is 19.7. The molecule has 0 radical (unpaired) electrons. The second-order valence-electron chi connectivity index (χ2n) is 6.30. The third-order valence-corrected chi connectivity index (χ3v) is 3.85. The first-order valence-electron chi connectivity index (χ1n) is 11.3. The summed E-state index contributed by atoms with van der Waals surface area (Å²) in [6.07, 6.45) is 0. The molecule has 0 aromatic rings. The van der Waals surface area contributed by atoms with Gasteiger partial charge in [-0.3, -0.25) is 0 Å². The van der Waals surface area contributed by atoms with Gasteiger partial charge in [0.1, 0.15) is 0 Å². The number of hydrogen-bond donors (Lipinski definition) is 1. The maximum atomic E-state index is 5.49. The lowest BCUT2D eigenvalue weighted by atomic mass is 10.6. The molecule has 0 aromatic heterocycles. The maximum absolute atomic E-state index is 5.49. The number of nitrogens with one attached hydrogen (secondary N) is 1. The molecule has 194 valence electrons. The highest BCUT2D eigenvalue weighted by Gasteiger charge is 1.95. The third kappa shape index (κ3) is 29.9. The van der Waals surface area contributed by atoms with E-state index in [2.05, 4.69) is 5.32 Å². The van der Waals surface area contributed by atoms with Crippen LogP contribution < -0.4 is 5.32 Å². The van der Waals surface area contributed by atoms with Gasteiger partial charge in [-0.1, -0.05) is 0 Å². The van der Waals surface area contributed by atoms with Gasteiger partial charge in [0.05, 0.1) is 119 Å². The average Bonchev–Trinajstić information content (AvgIpc) is 2.81. The van der Waals surface area contributed by atoms with Crippen molar-refractivity contribution in [1.82, 2.24) is 5.32 Å². The minimum absolute atomic E-state index is 0.503. The fourth-order valence-electron chi connectivity index (χ4n) is 2.09. The number of alkyl halides is 1. The van der Waals surface area contributed by atoms with Crippen LogP contribution in [-0.2, 0) is 42.6 Å². The van der Waals surface area contributed by atoms with E-state index < -0.39 is 0 Å². The van der Waals surface area contributed by atoms with Crippen LogP contribution in [0.4, 0.5) is 0 Å². The van der Waals surface area contributed by atoms with Crippen LogP contribution in [0, 0.1) is 0 Å². The summed E-state index contributed by atoms with van der Waals surface area (Å²) >= 11 is 5.49. The monoisotopic (exact) mass is 489 g/mol. The second-order valence-corrected chi connectivity index (χ2v) is 6.68. The minimum Gasteiger partial charge on any atom is -0.378 e. The summed E-state index contributed by atoms with van der Waals surface area (Å²) in [6, 6.07) is 0. The van der Waals surface area contributed by atoms with Crippen molar-refractivity contribution < 1.29 is 42.6 Å². The molecule has 0 aromatic carbocycles. The van der Waals surface area contributed by atoms with Gasteiger partial charge in [0.2, 0.25) is 0 Å². The fourth-order valence-corrected chi connectivity index (χ4v) is 2.20. The molecule has 0 aliphatic heterocycles. The highest BCUT2D eigenvalue weighted by Crippen LogP contribution is 1.86. The SMILES string of the molecule is CNCCOCCOCCOCCOCCOCCOCCOCCOCCOCCCl. The van der Waals surface area contributed by atoms with E-state index in [1.165, 1.54) is 0 Å². The number of halogens is 1. The molecule has 0 rings (SSSR count). The van der Waals surface area contributed by atoms with Crippen molar-refractivity contribution in [2.45, 2.75) is 0 Å². The molecule has 0 amide bonds. The number of ether oxygens (including phenoxy) is 9. The number of likely N-dealkylation sites (N-methyl/N-ethyl adjacent to an activating group) is 1. The molecule has 0 fully saturated rings. The Morgan fingerprint density at radius 3 is 0.812 bits per heavy atom. The van der Waals surface area contributed by atoms with Gasteiger partial charge in [0.25, 0.3) is 0 Å². The van der Waals surface area contributed by atoms with E-state index in [4.69, 9.17) is 54.2 Å². The smallest absolute Gasteiger partial charge is 0.0701 e. The first-order valence-corrected chi connectivity index (χ1v) is 11.9. The molecular weight excluding hydrogens is 446 g/mol. The Bertz CT molecular complexity index is 304. The molecule has 0 bridgehead atoms. The zero-order chi connectivity index (χ0) is 23.2. The predicted molar refractivity (Wildman–Crippen MR) is 122 cm³/mol. The molecule has 32 heavy (non-hydrogen) atoms. The van der Waals surface area contributed by atoms with Gasteiger partial charge in [0, 0.05) is 12.4 Å². The van der Waals surface area contributed by atoms with Crippen LogP contribution in [-0.4, -0.2) is 138 Å². The molecule has 10 nitrogen and oxygen atoms in total. The lowest BCUT2D eigenvalue weighted by Crippen LogP contribution is -2.17. The Hall–Kier alpha value is -0.110. The maximum Gasteiger partial charge on any atom is 0.0701 e. The summed E-state index contributed by atoms with van der Waals surface area (Å²) in [5.41, 5.74) is 0. The number of rotatable bonds is 29. The molecule has 0 atom stereocenters. The van der Waals surface area contributed by atoms with E-state index in [0.29, 0.717) is 125 Å². The minimum atomic E-state index is 0.503. The van der Waals surface area contributed by atoms with Crippen molar-refractivity contribution in [3.05, 3.63) is 0 Å². The third-order valence-electron chi connectivity index (χ3n) is 3.69.